The third-order valence-electron chi connectivity index (χ3n) is 4.17. The van der Waals surface area contributed by atoms with Crippen LogP contribution in [-0.2, 0) is 17.4 Å². The van der Waals surface area contributed by atoms with E-state index in [0.717, 1.165) is 38.1 Å². The number of rotatable bonds is 4. The summed E-state index contributed by atoms with van der Waals surface area (Å²) >= 11 is 0. The summed E-state index contributed by atoms with van der Waals surface area (Å²) in [6.45, 7) is 4.65. The van der Waals surface area contributed by atoms with Crippen LogP contribution in [0.3, 0.4) is 0 Å². The summed E-state index contributed by atoms with van der Waals surface area (Å²) in [5.41, 5.74) is -0.0130. The predicted molar refractivity (Wildman–Crippen MR) is 85.6 cm³/mol. The molecule has 1 saturated heterocycles. The van der Waals surface area contributed by atoms with Crippen LogP contribution in [0.2, 0.25) is 0 Å². The maximum absolute atomic E-state index is 12.5. The largest absolute Gasteiger partial charge is 0.416 e. The van der Waals surface area contributed by atoms with Gasteiger partial charge in [0.2, 0.25) is 5.91 Å². The molecule has 3 nitrogen and oxygen atoms in total. The van der Waals surface area contributed by atoms with Crippen molar-refractivity contribution in [3.8, 4) is 0 Å². The Morgan fingerprint density at radius 2 is 1.78 bits per heavy atom. The van der Waals surface area contributed by atoms with Crippen molar-refractivity contribution >= 4 is 18.3 Å². The molecule has 1 aliphatic heterocycles. The lowest BCUT2D eigenvalue weighted by Gasteiger charge is -2.34. The van der Waals surface area contributed by atoms with Gasteiger partial charge >= 0.3 is 6.18 Å². The third-order valence-corrected chi connectivity index (χ3v) is 4.17. The number of hydrogen-bond acceptors (Lipinski definition) is 2. The predicted octanol–water partition coefficient (Wildman–Crippen LogP) is 3.18. The van der Waals surface area contributed by atoms with E-state index >= 15 is 0 Å². The number of benzene rings is 1. The van der Waals surface area contributed by atoms with Crippen molar-refractivity contribution < 1.29 is 18.0 Å². The fourth-order valence-corrected chi connectivity index (χ4v) is 2.58. The number of halogens is 4. The lowest BCUT2D eigenvalue weighted by molar-refractivity contribution is -0.137. The fraction of sp³-hybridized carbons (Fsp3) is 0.562. The molecule has 0 saturated carbocycles. The quantitative estimate of drug-likeness (QED) is 0.875. The lowest BCUT2D eigenvalue weighted by atomic mass is 9.81. The van der Waals surface area contributed by atoms with E-state index in [-0.39, 0.29) is 30.2 Å². The number of carbonyl (C=O) groups is 1. The SMILES string of the molecule is CC1(CNC(=O)Cc2ccc(C(F)(F)F)cc2)CCNCC1.Cl. The second kappa shape index (κ2) is 8.02. The zero-order valence-corrected chi connectivity index (χ0v) is 13.8. The van der Waals surface area contributed by atoms with Crippen molar-refractivity contribution in [2.45, 2.75) is 32.4 Å². The van der Waals surface area contributed by atoms with Crippen molar-refractivity contribution in [3.63, 3.8) is 0 Å². The van der Waals surface area contributed by atoms with E-state index in [0.29, 0.717) is 12.1 Å². The second-order valence-electron chi connectivity index (χ2n) is 6.21. The van der Waals surface area contributed by atoms with Gasteiger partial charge < -0.3 is 10.6 Å². The normalized spacial score (nSPS) is 17.2. The minimum Gasteiger partial charge on any atom is -0.355 e. The van der Waals surface area contributed by atoms with E-state index in [9.17, 15) is 18.0 Å². The van der Waals surface area contributed by atoms with Crippen LogP contribution in [0.15, 0.2) is 24.3 Å². The van der Waals surface area contributed by atoms with Gasteiger partial charge in [-0.05, 0) is 49.0 Å². The molecule has 1 heterocycles. The number of alkyl halides is 3. The Labute approximate surface area is 140 Å². The molecule has 1 amide bonds. The van der Waals surface area contributed by atoms with Gasteiger partial charge in [-0.2, -0.15) is 13.2 Å². The molecule has 2 rings (SSSR count). The molecule has 1 aromatic rings. The number of carbonyl (C=O) groups excluding carboxylic acids is 1. The van der Waals surface area contributed by atoms with Gasteiger partial charge in [0.05, 0.1) is 12.0 Å². The average molecular weight is 351 g/mol. The Hall–Kier alpha value is -1.27. The first-order chi connectivity index (χ1) is 10.3. The Morgan fingerprint density at radius 1 is 1.22 bits per heavy atom. The summed E-state index contributed by atoms with van der Waals surface area (Å²) in [6, 6.07) is 4.73. The molecule has 1 aliphatic rings. The van der Waals surface area contributed by atoms with E-state index in [1.165, 1.54) is 12.1 Å². The molecule has 0 bridgehead atoms. The van der Waals surface area contributed by atoms with Crippen LogP contribution in [0.1, 0.15) is 30.9 Å². The molecule has 0 radical (unpaired) electrons. The van der Waals surface area contributed by atoms with Gasteiger partial charge in [0.1, 0.15) is 0 Å². The maximum atomic E-state index is 12.5. The first-order valence-corrected chi connectivity index (χ1v) is 7.42. The number of nitrogens with one attached hydrogen (secondary N) is 2. The van der Waals surface area contributed by atoms with E-state index in [4.69, 9.17) is 0 Å². The topological polar surface area (TPSA) is 41.1 Å². The van der Waals surface area contributed by atoms with E-state index in [1.54, 1.807) is 0 Å². The van der Waals surface area contributed by atoms with Crippen LogP contribution in [0.4, 0.5) is 13.2 Å². The first kappa shape index (κ1) is 19.8. The van der Waals surface area contributed by atoms with Crippen molar-refractivity contribution in [2.75, 3.05) is 19.6 Å². The van der Waals surface area contributed by atoms with Crippen LogP contribution in [0, 0.1) is 5.41 Å². The molecule has 1 aromatic carbocycles. The molecular weight excluding hydrogens is 329 g/mol. The van der Waals surface area contributed by atoms with Crippen LogP contribution in [-0.4, -0.2) is 25.5 Å². The van der Waals surface area contributed by atoms with Gasteiger partial charge in [-0.3, -0.25) is 4.79 Å². The van der Waals surface area contributed by atoms with Crippen molar-refractivity contribution in [1.82, 2.24) is 10.6 Å². The zero-order chi connectivity index (χ0) is 16.2. The number of piperidine rings is 1. The van der Waals surface area contributed by atoms with Crippen LogP contribution >= 0.6 is 12.4 Å². The number of hydrogen-bond donors (Lipinski definition) is 2. The summed E-state index contributed by atoms with van der Waals surface area (Å²) in [4.78, 5) is 11.9. The summed E-state index contributed by atoms with van der Waals surface area (Å²) in [5.74, 6) is -0.153. The highest BCUT2D eigenvalue weighted by atomic mass is 35.5. The first-order valence-electron chi connectivity index (χ1n) is 7.42. The van der Waals surface area contributed by atoms with Gasteiger partial charge in [-0.15, -0.1) is 12.4 Å². The third kappa shape index (κ3) is 6.03. The van der Waals surface area contributed by atoms with Gasteiger partial charge in [-0.25, -0.2) is 0 Å². The summed E-state index contributed by atoms with van der Waals surface area (Å²) in [7, 11) is 0. The van der Waals surface area contributed by atoms with Crippen molar-refractivity contribution in [1.29, 1.82) is 0 Å². The second-order valence-corrected chi connectivity index (χ2v) is 6.21. The Morgan fingerprint density at radius 3 is 2.30 bits per heavy atom. The molecule has 23 heavy (non-hydrogen) atoms. The van der Waals surface area contributed by atoms with Gasteiger partial charge in [0, 0.05) is 6.54 Å². The Bertz CT molecular complexity index is 511. The molecule has 0 aromatic heterocycles. The van der Waals surface area contributed by atoms with E-state index in [2.05, 4.69) is 17.6 Å². The lowest BCUT2D eigenvalue weighted by Crippen LogP contribution is -2.43. The molecule has 130 valence electrons. The monoisotopic (exact) mass is 350 g/mol. The molecule has 0 aliphatic carbocycles. The van der Waals surface area contributed by atoms with Gasteiger partial charge in [-0.1, -0.05) is 19.1 Å². The highest BCUT2D eigenvalue weighted by Crippen LogP contribution is 2.29. The minimum absolute atomic E-state index is 0. The average Bonchev–Trinajstić information content (AvgIpc) is 2.46. The van der Waals surface area contributed by atoms with E-state index in [1.807, 2.05) is 0 Å². The molecule has 0 unspecified atom stereocenters. The smallest absolute Gasteiger partial charge is 0.355 e. The minimum atomic E-state index is -4.34. The standard InChI is InChI=1S/C16H21F3N2O.ClH/c1-15(6-8-20-9-7-15)11-21-14(22)10-12-2-4-13(5-3-12)16(17,18)19;/h2-5,20H,6-11H2,1H3,(H,21,22);1H. The maximum Gasteiger partial charge on any atom is 0.416 e. The van der Waals surface area contributed by atoms with Crippen LogP contribution in [0.5, 0.6) is 0 Å². The highest BCUT2D eigenvalue weighted by molar-refractivity contribution is 5.85. The Balaban J connectivity index is 0.00000264. The summed E-state index contributed by atoms with van der Waals surface area (Å²) in [5, 5.41) is 6.18. The summed E-state index contributed by atoms with van der Waals surface area (Å²) in [6.07, 6.45) is -2.22. The fourth-order valence-electron chi connectivity index (χ4n) is 2.58. The van der Waals surface area contributed by atoms with Crippen LogP contribution < -0.4 is 10.6 Å². The highest BCUT2D eigenvalue weighted by Gasteiger charge is 2.30. The van der Waals surface area contributed by atoms with Crippen molar-refractivity contribution in [3.05, 3.63) is 35.4 Å². The number of amides is 1. The van der Waals surface area contributed by atoms with Gasteiger partial charge in [0.25, 0.3) is 0 Å². The zero-order valence-electron chi connectivity index (χ0n) is 13.0. The Kier molecular flexibility index (Phi) is 6.89. The molecule has 0 atom stereocenters. The molecular formula is C16H22ClF3N2O. The van der Waals surface area contributed by atoms with Crippen molar-refractivity contribution in [2.24, 2.45) is 5.41 Å². The molecule has 0 spiro atoms. The van der Waals surface area contributed by atoms with Crippen LogP contribution in [0.25, 0.3) is 0 Å². The molecule has 2 N–H and O–H groups in total. The summed E-state index contributed by atoms with van der Waals surface area (Å²) < 4.78 is 37.4. The van der Waals surface area contributed by atoms with Gasteiger partial charge in [0.15, 0.2) is 0 Å². The van der Waals surface area contributed by atoms with E-state index < -0.39 is 11.7 Å². The molecule has 7 heteroatoms. The molecule has 1 fully saturated rings.